The van der Waals surface area contributed by atoms with Crippen molar-refractivity contribution in [1.29, 1.82) is 0 Å². The molecule has 0 N–H and O–H groups in total. The Morgan fingerprint density at radius 1 is 1.30 bits per heavy atom. The van der Waals surface area contributed by atoms with Crippen molar-refractivity contribution in [3.05, 3.63) is 29.8 Å². The van der Waals surface area contributed by atoms with Crippen molar-refractivity contribution in [2.75, 3.05) is 33.4 Å². The summed E-state index contributed by atoms with van der Waals surface area (Å²) in [5.41, 5.74) is 0.650. The summed E-state index contributed by atoms with van der Waals surface area (Å²) in [5, 5.41) is 0. The molecule has 0 atom stereocenters. The summed E-state index contributed by atoms with van der Waals surface area (Å²) in [5.74, 6) is 0.745. The van der Waals surface area contributed by atoms with Crippen molar-refractivity contribution < 1.29 is 14.3 Å². The molecule has 0 bridgehead atoms. The van der Waals surface area contributed by atoms with Crippen LogP contribution in [0.3, 0.4) is 0 Å². The largest absolute Gasteiger partial charge is 0.493 e. The molecule has 0 aliphatic rings. The predicted octanol–water partition coefficient (Wildman–Crippen LogP) is 2.62. The van der Waals surface area contributed by atoms with Gasteiger partial charge in [-0.1, -0.05) is 12.1 Å². The van der Waals surface area contributed by atoms with E-state index in [0.29, 0.717) is 37.1 Å². The molecule has 112 valence electrons. The van der Waals surface area contributed by atoms with E-state index in [0.717, 1.165) is 6.54 Å². The second-order valence-electron chi connectivity index (χ2n) is 4.91. The summed E-state index contributed by atoms with van der Waals surface area (Å²) >= 11 is 0. The van der Waals surface area contributed by atoms with E-state index in [4.69, 9.17) is 9.47 Å². The number of ketones is 1. The number of rotatable bonds is 9. The minimum Gasteiger partial charge on any atom is -0.493 e. The molecule has 0 fully saturated rings. The lowest BCUT2D eigenvalue weighted by molar-refractivity contribution is 0.0848. The highest BCUT2D eigenvalue weighted by atomic mass is 16.5. The lowest BCUT2D eigenvalue weighted by Gasteiger charge is -2.25. The van der Waals surface area contributed by atoms with Gasteiger partial charge in [-0.2, -0.15) is 0 Å². The highest BCUT2D eigenvalue weighted by molar-refractivity contribution is 6.00. The maximum atomic E-state index is 12.5. The summed E-state index contributed by atoms with van der Waals surface area (Å²) < 4.78 is 10.6. The molecule has 0 radical (unpaired) electrons. The molecule has 1 rings (SSSR count). The third-order valence-electron chi connectivity index (χ3n) is 3.15. The first-order chi connectivity index (χ1) is 9.60. The number of Topliss-reactive ketones (excluding diaryl/α,β-unsaturated/α-hetero) is 1. The first-order valence-electron chi connectivity index (χ1n) is 7.08. The van der Waals surface area contributed by atoms with Crippen molar-refractivity contribution >= 4 is 5.78 Å². The van der Waals surface area contributed by atoms with Crippen molar-refractivity contribution in [3.63, 3.8) is 0 Å². The van der Waals surface area contributed by atoms with E-state index in [-0.39, 0.29) is 5.78 Å². The Morgan fingerprint density at radius 3 is 2.60 bits per heavy atom. The molecule has 0 amide bonds. The quantitative estimate of drug-likeness (QED) is 0.651. The first kappa shape index (κ1) is 16.7. The first-order valence-corrected chi connectivity index (χ1v) is 7.08. The van der Waals surface area contributed by atoms with Crippen LogP contribution >= 0.6 is 0 Å². The average molecular weight is 279 g/mol. The van der Waals surface area contributed by atoms with E-state index in [1.165, 1.54) is 0 Å². The SMILES string of the molecule is CCOc1ccccc1C(=O)CN(CCOC)C(C)C. The number of carbonyl (C=O) groups excluding carboxylic acids is 1. The van der Waals surface area contributed by atoms with Crippen LogP contribution in [0.1, 0.15) is 31.1 Å². The Hall–Kier alpha value is -1.39. The Labute approximate surface area is 121 Å². The zero-order chi connectivity index (χ0) is 15.0. The Kier molecular flexibility index (Phi) is 7.26. The molecule has 20 heavy (non-hydrogen) atoms. The molecule has 0 aliphatic carbocycles. The highest BCUT2D eigenvalue weighted by Crippen LogP contribution is 2.19. The summed E-state index contributed by atoms with van der Waals surface area (Å²) in [6.45, 7) is 8.39. The maximum Gasteiger partial charge on any atom is 0.180 e. The number of benzene rings is 1. The number of nitrogens with zero attached hydrogens (tertiary/aromatic N) is 1. The van der Waals surface area contributed by atoms with Crippen LogP contribution in [0.25, 0.3) is 0 Å². The van der Waals surface area contributed by atoms with Crippen molar-refractivity contribution in [2.45, 2.75) is 26.8 Å². The molecule has 1 aromatic rings. The lowest BCUT2D eigenvalue weighted by atomic mass is 10.1. The van der Waals surface area contributed by atoms with Crippen molar-refractivity contribution in [1.82, 2.24) is 4.90 Å². The lowest BCUT2D eigenvalue weighted by Crippen LogP contribution is -2.38. The van der Waals surface area contributed by atoms with E-state index < -0.39 is 0 Å². The molecule has 0 spiro atoms. The monoisotopic (exact) mass is 279 g/mol. The second kappa shape index (κ2) is 8.72. The van der Waals surface area contributed by atoms with Gasteiger partial charge in [0.1, 0.15) is 5.75 Å². The Balaban J connectivity index is 2.78. The van der Waals surface area contributed by atoms with Gasteiger partial charge in [0.15, 0.2) is 5.78 Å². The van der Waals surface area contributed by atoms with E-state index in [1.54, 1.807) is 7.11 Å². The molecular weight excluding hydrogens is 254 g/mol. The normalized spacial score (nSPS) is 11.1. The molecule has 4 nitrogen and oxygen atoms in total. The fourth-order valence-corrected chi connectivity index (χ4v) is 1.98. The van der Waals surface area contributed by atoms with Gasteiger partial charge in [-0.3, -0.25) is 9.69 Å². The maximum absolute atomic E-state index is 12.5. The van der Waals surface area contributed by atoms with Gasteiger partial charge < -0.3 is 9.47 Å². The molecule has 1 aromatic carbocycles. The fraction of sp³-hybridized carbons (Fsp3) is 0.562. The van der Waals surface area contributed by atoms with Gasteiger partial charge in [0.2, 0.25) is 0 Å². The Bertz CT molecular complexity index is 418. The van der Waals surface area contributed by atoms with Crippen LogP contribution in [0.15, 0.2) is 24.3 Å². The summed E-state index contributed by atoms with van der Waals surface area (Å²) in [4.78, 5) is 14.6. The number of para-hydroxylation sites is 1. The highest BCUT2D eigenvalue weighted by Gasteiger charge is 2.17. The zero-order valence-electron chi connectivity index (χ0n) is 12.9. The zero-order valence-corrected chi connectivity index (χ0v) is 12.9. The van der Waals surface area contributed by atoms with Crippen molar-refractivity contribution in [2.24, 2.45) is 0 Å². The summed E-state index contributed by atoms with van der Waals surface area (Å²) in [6, 6.07) is 7.71. The van der Waals surface area contributed by atoms with Gasteiger partial charge in [-0.25, -0.2) is 0 Å². The molecule has 0 heterocycles. The third-order valence-corrected chi connectivity index (χ3v) is 3.15. The van der Waals surface area contributed by atoms with Crippen molar-refractivity contribution in [3.8, 4) is 5.75 Å². The standard InChI is InChI=1S/C16H25NO3/c1-5-20-16-9-7-6-8-14(16)15(18)12-17(13(2)3)10-11-19-4/h6-9,13H,5,10-12H2,1-4H3. The third kappa shape index (κ3) is 4.94. The van der Waals surface area contributed by atoms with Crippen LogP contribution in [-0.4, -0.2) is 50.1 Å². The average Bonchev–Trinajstić information content (AvgIpc) is 2.43. The number of ether oxygens (including phenoxy) is 2. The molecule has 0 saturated carbocycles. The molecule has 0 aromatic heterocycles. The van der Waals surface area contributed by atoms with E-state index >= 15 is 0 Å². The van der Waals surface area contributed by atoms with E-state index in [1.807, 2.05) is 31.2 Å². The summed E-state index contributed by atoms with van der Waals surface area (Å²) in [6.07, 6.45) is 0. The molecule has 4 heteroatoms. The van der Waals surface area contributed by atoms with Gasteiger partial charge in [-0.15, -0.1) is 0 Å². The van der Waals surface area contributed by atoms with E-state index in [2.05, 4.69) is 18.7 Å². The fourth-order valence-electron chi connectivity index (χ4n) is 1.98. The van der Waals surface area contributed by atoms with Crippen LogP contribution in [0.4, 0.5) is 0 Å². The summed E-state index contributed by atoms with van der Waals surface area (Å²) in [7, 11) is 1.67. The van der Waals surface area contributed by atoms with Gasteiger partial charge in [0.25, 0.3) is 0 Å². The number of hydrogen-bond donors (Lipinski definition) is 0. The number of methoxy groups -OCH3 is 1. The van der Waals surface area contributed by atoms with Crippen LogP contribution in [0, 0.1) is 0 Å². The van der Waals surface area contributed by atoms with Crippen LogP contribution < -0.4 is 4.74 Å². The van der Waals surface area contributed by atoms with Crippen LogP contribution in [-0.2, 0) is 4.74 Å². The molecular formula is C16H25NO3. The molecule has 0 unspecified atom stereocenters. The smallest absolute Gasteiger partial charge is 0.180 e. The van der Waals surface area contributed by atoms with Crippen LogP contribution in [0.5, 0.6) is 5.75 Å². The number of hydrogen-bond acceptors (Lipinski definition) is 4. The van der Waals surface area contributed by atoms with Gasteiger partial charge in [-0.05, 0) is 32.9 Å². The number of carbonyl (C=O) groups is 1. The van der Waals surface area contributed by atoms with Gasteiger partial charge in [0.05, 0.1) is 25.3 Å². The Morgan fingerprint density at radius 2 is 2.00 bits per heavy atom. The topological polar surface area (TPSA) is 38.8 Å². The van der Waals surface area contributed by atoms with Crippen LogP contribution in [0.2, 0.25) is 0 Å². The van der Waals surface area contributed by atoms with Gasteiger partial charge in [0, 0.05) is 19.7 Å². The minimum atomic E-state index is 0.0823. The predicted molar refractivity (Wildman–Crippen MR) is 80.5 cm³/mol. The van der Waals surface area contributed by atoms with E-state index in [9.17, 15) is 4.79 Å². The second-order valence-corrected chi connectivity index (χ2v) is 4.91. The molecule has 0 aliphatic heterocycles. The minimum absolute atomic E-state index is 0.0823. The van der Waals surface area contributed by atoms with Gasteiger partial charge >= 0.3 is 0 Å². The molecule has 0 saturated heterocycles.